The van der Waals surface area contributed by atoms with Crippen LogP contribution in [-0.4, -0.2) is 16.7 Å². The SMILES string of the molecule is O=C1/C(=C/c2ccc([N+](=O)[O-])cc2)c2ccccc2C(=O)N1c1ccccc1. The van der Waals surface area contributed by atoms with Crippen molar-refractivity contribution in [2.75, 3.05) is 4.90 Å². The van der Waals surface area contributed by atoms with E-state index in [0.29, 0.717) is 28.0 Å². The zero-order valence-corrected chi connectivity index (χ0v) is 14.6. The van der Waals surface area contributed by atoms with E-state index in [9.17, 15) is 19.7 Å². The molecule has 0 bridgehead atoms. The lowest BCUT2D eigenvalue weighted by Gasteiger charge is -2.28. The minimum absolute atomic E-state index is 0.0291. The molecule has 0 saturated carbocycles. The van der Waals surface area contributed by atoms with Crippen molar-refractivity contribution in [2.24, 2.45) is 0 Å². The minimum Gasteiger partial charge on any atom is -0.268 e. The fraction of sp³-hybridized carbons (Fsp3) is 0. The first-order valence-electron chi connectivity index (χ1n) is 8.55. The van der Waals surface area contributed by atoms with Crippen molar-refractivity contribution in [3.05, 3.63) is 106 Å². The number of hydrogen-bond donors (Lipinski definition) is 0. The van der Waals surface area contributed by atoms with Gasteiger partial charge in [-0.1, -0.05) is 36.4 Å². The minimum atomic E-state index is -0.478. The number of fused-ring (bicyclic) bond motifs is 1. The molecule has 0 unspecified atom stereocenters. The number of nitrogens with zero attached hydrogens (tertiary/aromatic N) is 2. The van der Waals surface area contributed by atoms with Crippen molar-refractivity contribution in [3.8, 4) is 0 Å². The van der Waals surface area contributed by atoms with Gasteiger partial charge in [-0.2, -0.15) is 0 Å². The molecule has 6 heteroatoms. The number of nitro benzene ring substituents is 1. The van der Waals surface area contributed by atoms with Crippen LogP contribution < -0.4 is 4.90 Å². The largest absolute Gasteiger partial charge is 0.269 e. The van der Waals surface area contributed by atoms with Crippen LogP contribution >= 0.6 is 0 Å². The molecule has 136 valence electrons. The quantitative estimate of drug-likeness (QED) is 0.298. The topological polar surface area (TPSA) is 80.5 Å². The van der Waals surface area contributed by atoms with Gasteiger partial charge >= 0.3 is 0 Å². The molecule has 4 rings (SSSR count). The third kappa shape index (κ3) is 2.97. The van der Waals surface area contributed by atoms with Crippen LogP contribution in [0.2, 0.25) is 0 Å². The van der Waals surface area contributed by atoms with Gasteiger partial charge in [-0.15, -0.1) is 0 Å². The molecule has 2 amide bonds. The summed E-state index contributed by atoms with van der Waals surface area (Å²) in [6.07, 6.45) is 1.65. The van der Waals surface area contributed by atoms with Crippen molar-refractivity contribution in [2.45, 2.75) is 0 Å². The van der Waals surface area contributed by atoms with E-state index >= 15 is 0 Å². The smallest absolute Gasteiger partial charge is 0.268 e. The van der Waals surface area contributed by atoms with E-state index in [1.165, 1.54) is 12.1 Å². The number of rotatable bonds is 3. The Morgan fingerprint density at radius 1 is 0.750 bits per heavy atom. The zero-order valence-electron chi connectivity index (χ0n) is 14.6. The van der Waals surface area contributed by atoms with E-state index in [4.69, 9.17) is 0 Å². The fourth-order valence-electron chi connectivity index (χ4n) is 3.16. The molecule has 6 nitrogen and oxygen atoms in total. The summed E-state index contributed by atoms with van der Waals surface area (Å²) in [6.45, 7) is 0. The molecule has 0 spiro atoms. The molecule has 3 aromatic carbocycles. The fourth-order valence-corrected chi connectivity index (χ4v) is 3.16. The Hall–Kier alpha value is -4.06. The molecule has 0 aromatic heterocycles. The Balaban J connectivity index is 1.85. The standard InChI is InChI=1S/C22H14N2O4/c25-21-19-9-5-4-8-18(19)20(14-15-10-12-17(13-11-15)24(27)28)22(26)23(21)16-6-2-1-3-7-16/h1-14H/b20-14+. The van der Waals surface area contributed by atoms with E-state index < -0.39 is 10.8 Å². The number of para-hydroxylation sites is 1. The Morgan fingerprint density at radius 3 is 2.00 bits per heavy atom. The molecule has 28 heavy (non-hydrogen) atoms. The molecule has 0 aliphatic carbocycles. The van der Waals surface area contributed by atoms with Crippen LogP contribution in [0, 0.1) is 10.1 Å². The van der Waals surface area contributed by atoms with Crippen molar-refractivity contribution in [1.82, 2.24) is 0 Å². The molecule has 3 aromatic rings. The van der Waals surface area contributed by atoms with E-state index in [2.05, 4.69) is 0 Å². The summed E-state index contributed by atoms with van der Waals surface area (Å²) in [5, 5.41) is 10.8. The molecule has 0 radical (unpaired) electrons. The first-order valence-corrected chi connectivity index (χ1v) is 8.55. The van der Waals surface area contributed by atoms with Crippen LogP contribution in [0.1, 0.15) is 21.5 Å². The lowest BCUT2D eigenvalue weighted by Crippen LogP contribution is -2.41. The summed E-state index contributed by atoms with van der Waals surface area (Å²) in [5.74, 6) is -0.819. The predicted octanol–water partition coefficient (Wildman–Crippen LogP) is 4.32. The van der Waals surface area contributed by atoms with Gasteiger partial charge in [0.15, 0.2) is 0 Å². The van der Waals surface area contributed by atoms with Crippen LogP contribution in [0.5, 0.6) is 0 Å². The average molecular weight is 370 g/mol. The van der Waals surface area contributed by atoms with Crippen molar-refractivity contribution < 1.29 is 14.5 Å². The summed E-state index contributed by atoms with van der Waals surface area (Å²) in [5.41, 5.74) is 2.42. The lowest BCUT2D eigenvalue weighted by atomic mass is 9.91. The Morgan fingerprint density at radius 2 is 1.36 bits per heavy atom. The van der Waals surface area contributed by atoms with Crippen LogP contribution in [0.3, 0.4) is 0 Å². The van der Waals surface area contributed by atoms with Gasteiger partial charge in [0, 0.05) is 23.3 Å². The molecule has 0 N–H and O–H groups in total. The van der Waals surface area contributed by atoms with Gasteiger partial charge < -0.3 is 0 Å². The third-order valence-corrected chi connectivity index (χ3v) is 4.51. The number of amides is 2. The Bertz CT molecular complexity index is 1120. The van der Waals surface area contributed by atoms with Gasteiger partial charge in [0.1, 0.15) is 0 Å². The highest BCUT2D eigenvalue weighted by atomic mass is 16.6. The summed E-state index contributed by atoms with van der Waals surface area (Å²) >= 11 is 0. The number of nitro groups is 1. The number of anilines is 1. The summed E-state index contributed by atoms with van der Waals surface area (Å²) in [6, 6.07) is 21.6. The van der Waals surface area contributed by atoms with Crippen molar-refractivity contribution in [1.29, 1.82) is 0 Å². The summed E-state index contributed by atoms with van der Waals surface area (Å²) in [4.78, 5) is 37.7. The third-order valence-electron chi connectivity index (χ3n) is 4.51. The van der Waals surface area contributed by atoms with Crippen LogP contribution in [-0.2, 0) is 4.79 Å². The number of carbonyl (C=O) groups is 2. The molecule has 1 aliphatic rings. The monoisotopic (exact) mass is 370 g/mol. The molecular weight excluding hydrogens is 356 g/mol. The van der Waals surface area contributed by atoms with E-state index in [0.717, 1.165) is 4.90 Å². The predicted molar refractivity (Wildman–Crippen MR) is 106 cm³/mol. The average Bonchev–Trinajstić information content (AvgIpc) is 2.72. The van der Waals surface area contributed by atoms with Gasteiger partial charge in [0.2, 0.25) is 0 Å². The number of carbonyl (C=O) groups excluding carboxylic acids is 2. The summed E-state index contributed by atoms with van der Waals surface area (Å²) in [7, 11) is 0. The first-order chi connectivity index (χ1) is 13.6. The van der Waals surface area contributed by atoms with E-state index in [1.54, 1.807) is 66.7 Å². The highest BCUT2D eigenvalue weighted by Gasteiger charge is 2.35. The van der Waals surface area contributed by atoms with Gasteiger partial charge in [-0.25, -0.2) is 4.90 Å². The molecule has 0 saturated heterocycles. The van der Waals surface area contributed by atoms with E-state index in [1.807, 2.05) is 6.07 Å². The highest BCUT2D eigenvalue weighted by molar-refractivity contribution is 6.43. The second kappa shape index (κ2) is 6.92. The maximum atomic E-state index is 13.2. The van der Waals surface area contributed by atoms with Gasteiger partial charge in [0.25, 0.3) is 17.5 Å². The second-order valence-corrected chi connectivity index (χ2v) is 6.23. The highest BCUT2D eigenvalue weighted by Crippen LogP contribution is 2.33. The van der Waals surface area contributed by atoms with Crippen molar-refractivity contribution in [3.63, 3.8) is 0 Å². The number of benzene rings is 3. The van der Waals surface area contributed by atoms with Crippen LogP contribution in [0.15, 0.2) is 78.9 Å². The zero-order chi connectivity index (χ0) is 19.7. The van der Waals surface area contributed by atoms with Gasteiger partial charge in [-0.05, 0) is 47.5 Å². The number of hydrogen-bond acceptors (Lipinski definition) is 4. The van der Waals surface area contributed by atoms with E-state index in [-0.39, 0.29) is 11.6 Å². The molecule has 1 heterocycles. The second-order valence-electron chi connectivity index (χ2n) is 6.23. The molecule has 1 aliphatic heterocycles. The van der Waals surface area contributed by atoms with Crippen molar-refractivity contribution >= 4 is 34.8 Å². The maximum absolute atomic E-state index is 13.2. The van der Waals surface area contributed by atoms with Crippen LogP contribution in [0.25, 0.3) is 11.6 Å². The first kappa shape index (κ1) is 17.4. The van der Waals surface area contributed by atoms with Gasteiger partial charge in [-0.3, -0.25) is 19.7 Å². The Labute approximate surface area is 160 Å². The summed E-state index contributed by atoms with van der Waals surface area (Å²) < 4.78 is 0. The Kier molecular flexibility index (Phi) is 4.29. The maximum Gasteiger partial charge on any atom is 0.269 e. The van der Waals surface area contributed by atoms with Crippen LogP contribution in [0.4, 0.5) is 11.4 Å². The normalized spacial score (nSPS) is 14.9. The van der Waals surface area contributed by atoms with Gasteiger partial charge in [0.05, 0.1) is 10.6 Å². The lowest BCUT2D eigenvalue weighted by molar-refractivity contribution is -0.384. The number of imide groups is 1. The molecular formula is C22H14N2O4. The molecule has 0 atom stereocenters. The molecule has 0 fully saturated rings. The number of non-ortho nitro benzene ring substituents is 1.